The summed E-state index contributed by atoms with van der Waals surface area (Å²) in [6.45, 7) is 18.1. The number of furan rings is 1. The Hall–Kier alpha value is -7.74. The summed E-state index contributed by atoms with van der Waals surface area (Å²) in [5, 5.41) is 2.35. The average molecular weight is 963 g/mol. The second-order valence-electron chi connectivity index (χ2n) is 21.2. The van der Waals surface area contributed by atoms with Crippen LogP contribution in [-0.2, 0) is 11.8 Å². The van der Waals surface area contributed by atoms with Crippen LogP contribution in [0.5, 0.6) is 0 Å². The van der Waals surface area contributed by atoms with Crippen molar-refractivity contribution in [2.24, 2.45) is 0 Å². The molecular formula is C73H70O. The zero-order valence-electron chi connectivity index (χ0n) is 44.7. The standard InChI is InChI=1S/C34H28O.C23H24.C16H18/c1-21-11-13-22(14-12-21)23-16-18-30-29(19-23)26-17-15-24(20-31(26)34(30,2)3)25-8-6-9-28-27-7-4-5-10-32(27)35-33(25)28;1-4-9-19-16-20(21-12-7-5-10-17(21)2)14-15-23(19)22-13-8-6-11-18(22)3;1-3-13(2)15-10-7-11-16(12-15)14-8-5-4-6-9-14/h4-11,13,15-20H,12,14H2,1-3H3;5-8,10-16H,4,9H2,1-3H3;4-13H,3H2,1-2H3. The first-order valence-electron chi connectivity index (χ1n) is 27.0. The molecule has 0 saturated carbocycles. The summed E-state index contributed by atoms with van der Waals surface area (Å²) in [6.07, 6.45) is 10.3. The van der Waals surface area contributed by atoms with Crippen molar-refractivity contribution in [3.05, 3.63) is 257 Å². The Morgan fingerprint density at radius 1 is 0.459 bits per heavy atom. The summed E-state index contributed by atoms with van der Waals surface area (Å²) in [5.74, 6) is 0.642. The molecule has 0 bridgehead atoms. The summed E-state index contributed by atoms with van der Waals surface area (Å²) in [6, 6.07) is 72.6. The third kappa shape index (κ3) is 10.1. The number of rotatable bonds is 9. The molecule has 0 radical (unpaired) electrons. The Kier molecular flexibility index (Phi) is 14.7. The molecule has 1 heteroatoms. The van der Waals surface area contributed by atoms with Crippen LogP contribution in [-0.4, -0.2) is 0 Å². The number of benzene rings is 9. The highest BCUT2D eigenvalue weighted by Gasteiger charge is 2.36. The van der Waals surface area contributed by atoms with Gasteiger partial charge in [0.1, 0.15) is 11.2 Å². The SMILES string of the molecule is CC1=CC=C(c2ccc3c(c2)-c2ccc(-c4cccc5c4oc4ccccc45)cc2C3(C)C)CC1.CCC(C)c1cccc(-c2ccccc2)c1.CCCc1cc(-c2ccccc2C)ccc1-c1ccccc1C. The van der Waals surface area contributed by atoms with Crippen molar-refractivity contribution in [3.63, 3.8) is 0 Å². The molecule has 0 fully saturated rings. The second-order valence-corrected chi connectivity index (χ2v) is 21.2. The van der Waals surface area contributed by atoms with Crippen molar-refractivity contribution in [2.75, 3.05) is 0 Å². The fraction of sp³-hybridized carbons (Fsp3) is 0.205. The zero-order valence-corrected chi connectivity index (χ0v) is 44.7. The molecular weight excluding hydrogens is 893 g/mol. The maximum atomic E-state index is 6.35. The number of hydrogen-bond acceptors (Lipinski definition) is 1. The van der Waals surface area contributed by atoms with Crippen LogP contribution in [0.25, 0.3) is 83.1 Å². The molecule has 9 aromatic carbocycles. The van der Waals surface area contributed by atoms with Crippen LogP contribution in [0.4, 0.5) is 0 Å². The van der Waals surface area contributed by atoms with E-state index in [0.29, 0.717) is 5.92 Å². The van der Waals surface area contributed by atoms with Crippen molar-refractivity contribution in [2.45, 2.75) is 98.8 Å². The van der Waals surface area contributed by atoms with Gasteiger partial charge in [-0.1, -0.05) is 241 Å². The number of allylic oxidation sites excluding steroid dienone is 4. The van der Waals surface area contributed by atoms with E-state index in [1.807, 2.05) is 6.07 Å². The summed E-state index contributed by atoms with van der Waals surface area (Å²) >= 11 is 0. The van der Waals surface area contributed by atoms with Gasteiger partial charge in [-0.15, -0.1) is 0 Å². The van der Waals surface area contributed by atoms with Gasteiger partial charge >= 0.3 is 0 Å². The molecule has 1 aromatic heterocycles. The lowest BCUT2D eigenvalue weighted by atomic mass is 9.81. The summed E-state index contributed by atoms with van der Waals surface area (Å²) in [4.78, 5) is 0. The van der Waals surface area contributed by atoms with Gasteiger partial charge in [-0.25, -0.2) is 0 Å². The lowest BCUT2D eigenvalue weighted by Crippen LogP contribution is -2.15. The molecule has 1 heterocycles. The molecule has 368 valence electrons. The minimum absolute atomic E-state index is 0.0432. The minimum Gasteiger partial charge on any atom is -0.455 e. The molecule has 0 aliphatic heterocycles. The van der Waals surface area contributed by atoms with Gasteiger partial charge in [-0.2, -0.15) is 0 Å². The third-order valence-electron chi connectivity index (χ3n) is 15.8. The van der Waals surface area contributed by atoms with Crippen molar-refractivity contribution in [1.82, 2.24) is 0 Å². The van der Waals surface area contributed by atoms with Crippen LogP contribution < -0.4 is 0 Å². The Morgan fingerprint density at radius 3 is 1.82 bits per heavy atom. The molecule has 12 rings (SSSR count). The summed E-state index contributed by atoms with van der Waals surface area (Å²) in [7, 11) is 0. The predicted molar refractivity (Wildman–Crippen MR) is 319 cm³/mol. The molecule has 74 heavy (non-hydrogen) atoms. The molecule has 10 aromatic rings. The third-order valence-corrected chi connectivity index (χ3v) is 15.8. The maximum absolute atomic E-state index is 6.35. The lowest BCUT2D eigenvalue weighted by molar-refractivity contribution is 0.660. The van der Waals surface area contributed by atoms with E-state index in [-0.39, 0.29) is 5.41 Å². The largest absolute Gasteiger partial charge is 0.455 e. The van der Waals surface area contributed by atoms with Gasteiger partial charge in [0.05, 0.1) is 0 Å². The van der Waals surface area contributed by atoms with E-state index in [2.05, 4.69) is 262 Å². The van der Waals surface area contributed by atoms with E-state index in [1.54, 1.807) is 0 Å². The van der Waals surface area contributed by atoms with Gasteiger partial charge in [0, 0.05) is 21.8 Å². The number of fused-ring (bicyclic) bond motifs is 6. The fourth-order valence-corrected chi connectivity index (χ4v) is 11.2. The van der Waals surface area contributed by atoms with Crippen LogP contribution in [0.2, 0.25) is 0 Å². The van der Waals surface area contributed by atoms with Crippen LogP contribution in [0.15, 0.2) is 222 Å². The first-order valence-corrected chi connectivity index (χ1v) is 27.0. The van der Waals surface area contributed by atoms with Gasteiger partial charge in [0.15, 0.2) is 0 Å². The molecule has 2 aliphatic carbocycles. The van der Waals surface area contributed by atoms with E-state index in [0.717, 1.165) is 42.4 Å². The molecule has 1 unspecified atom stereocenters. The fourth-order valence-electron chi connectivity index (χ4n) is 11.2. The van der Waals surface area contributed by atoms with Crippen molar-refractivity contribution >= 4 is 27.5 Å². The van der Waals surface area contributed by atoms with E-state index >= 15 is 0 Å². The summed E-state index contributed by atoms with van der Waals surface area (Å²) in [5.41, 5.74) is 27.6. The monoisotopic (exact) mass is 963 g/mol. The highest BCUT2D eigenvalue weighted by Crippen LogP contribution is 2.51. The molecule has 0 N–H and O–H groups in total. The van der Waals surface area contributed by atoms with Gasteiger partial charge < -0.3 is 4.42 Å². The van der Waals surface area contributed by atoms with Gasteiger partial charge in [0.2, 0.25) is 0 Å². The Morgan fingerprint density at radius 2 is 1.09 bits per heavy atom. The van der Waals surface area contributed by atoms with Crippen molar-refractivity contribution in [1.29, 1.82) is 0 Å². The smallest absolute Gasteiger partial charge is 0.143 e. The van der Waals surface area contributed by atoms with Gasteiger partial charge in [-0.3, -0.25) is 0 Å². The van der Waals surface area contributed by atoms with Gasteiger partial charge in [-0.05, 0) is 165 Å². The van der Waals surface area contributed by atoms with Crippen LogP contribution in [0, 0.1) is 13.8 Å². The highest BCUT2D eigenvalue weighted by atomic mass is 16.3. The normalized spacial score (nSPS) is 13.7. The van der Waals surface area contributed by atoms with Crippen molar-refractivity contribution < 1.29 is 4.42 Å². The van der Waals surface area contributed by atoms with E-state index < -0.39 is 0 Å². The highest BCUT2D eigenvalue weighted by molar-refractivity contribution is 6.09. The number of para-hydroxylation sites is 2. The predicted octanol–water partition coefficient (Wildman–Crippen LogP) is 21.1. The quantitative estimate of drug-likeness (QED) is 0.140. The topological polar surface area (TPSA) is 13.1 Å². The Balaban J connectivity index is 0.000000138. The second kappa shape index (κ2) is 21.8. The lowest BCUT2D eigenvalue weighted by Gasteiger charge is -2.22. The first-order chi connectivity index (χ1) is 36.0. The Bertz CT molecular complexity index is 3680. The van der Waals surface area contributed by atoms with Gasteiger partial charge in [0.25, 0.3) is 0 Å². The molecule has 1 atom stereocenters. The average Bonchev–Trinajstić information content (AvgIpc) is 3.94. The zero-order chi connectivity index (χ0) is 51.3. The van der Waals surface area contributed by atoms with Crippen molar-refractivity contribution in [3.8, 4) is 55.6 Å². The van der Waals surface area contributed by atoms with E-state index in [9.17, 15) is 0 Å². The summed E-state index contributed by atoms with van der Waals surface area (Å²) < 4.78 is 6.35. The molecule has 2 aliphatic rings. The molecule has 0 saturated heterocycles. The number of aryl methyl sites for hydroxylation is 3. The first kappa shape index (κ1) is 49.8. The maximum Gasteiger partial charge on any atom is 0.143 e. The minimum atomic E-state index is -0.0432. The molecule has 0 amide bonds. The van der Waals surface area contributed by atoms with E-state index in [4.69, 9.17) is 4.42 Å². The molecule has 1 nitrogen and oxygen atoms in total. The number of hydrogen-bond donors (Lipinski definition) is 0. The van der Waals surface area contributed by atoms with Crippen LogP contribution in [0.1, 0.15) is 112 Å². The van der Waals surface area contributed by atoms with E-state index in [1.165, 1.54) is 117 Å². The van der Waals surface area contributed by atoms with Crippen LogP contribution in [0.3, 0.4) is 0 Å². The Labute approximate surface area is 441 Å². The molecule has 0 spiro atoms. The van der Waals surface area contributed by atoms with Crippen LogP contribution >= 0.6 is 0 Å².